The molecule has 0 aliphatic heterocycles. The van der Waals surface area contributed by atoms with Crippen LogP contribution in [0, 0.1) is 0 Å². The van der Waals surface area contributed by atoms with Crippen molar-refractivity contribution in [2.45, 2.75) is 0 Å². The van der Waals surface area contributed by atoms with Gasteiger partial charge < -0.3 is 13.9 Å². The first-order chi connectivity index (χ1) is 34.2. The van der Waals surface area contributed by atoms with E-state index in [9.17, 15) is 0 Å². The Hall–Kier alpha value is -9.18. The first kappa shape index (κ1) is 39.0. The smallest absolute Gasteiger partial charge is 0.143 e. The lowest BCUT2D eigenvalue weighted by atomic mass is 9.94. The molecule has 0 atom stereocenters. The van der Waals surface area contributed by atoms with Gasteiger partial charge in [-0.1, -0.05) is 188 Å². The van der Waals surface area contributed by atoms with Gasteiger partial charge in [0.2, 0.25) is 0 Å². The molecule has 0 amide bonds. The summed E-state index contributed by atoms with van der Waals surface area (Å²) in [6.07, 6.45) is 0. The Morgan fingerprint density at radius 2 is 0.870 bits per heavy atom. The van der Waals surface area contributed by atoms with Crippen molar-refractivity contribution in [1.82, 2.24) is 4.57 Å². The van der Waals surface area contributed by atoms with Crippen LogP contribution in [0.5, 0.6) is 0 Å². The van der Waals surface area contributed by atoms with Crippen LogP contribution in [0.2, 0.25) is 0 Å². The molecule has 0 aliphatic carbocycles. The van der Waals surface area contributed by atoms with E-state index in [1.807, 2.05) is 0 Å². The van der Waals surface area contributed by atoms with E-state index in [2.05, 4.69) is 264 Å². The normalized spacial score (nSPS) is 11.8. The quantitative estimate of drug-likeness (QED) is 0.149. The van der Waals surface area contributed by atoms with Crippen molar-refractivity contribution in [3.05, 3.63) is 255 Å². The SMILES string of the molecule is c1cc(-c2ccc(N(c3ccccc3-c3ccc4ccc5ccccc5c4c3)c3ccccc3-c3cccc4oc5c6ccccc6ccc5c34)cc2)cc(-n2c3ccccc3c3ccccc32)c1. The topological polar surface area (TPSA) is 21.3 Å². The summed E-state index contributed by atoms with van der Waals surface area (Å²) < 4.78 is 9.14. The van der Waals surface area contributed by atoms with Gasteiger partial charge >= 0.3 is 0 Å². The van der Waals surface area contributed by atoms with Crippen molar-refractivity contribution < 1.29 is 4.42 Å². The zero-order chi connectivity index (χ0) is 45.4. The van der Waals surface area contributed by atoms with E-state index in [0.717, 1.165) is 88.8 Å². The number of hydrogen-bond acceptors (Lipinski definition) is 2. The molecule has 3 heteroatoms. The van der Waals surface area contributed by atoms with Crippen LogP contribution in [-0.4, -0.2) is 4.57 Å². The number of fused-ring (bicyclic) bond motifs is 11. The summed E-state index contributed by atoms with van der Waals surface area (Å²) in [5.74, 6) is 0. The van der Waals surface area contributed by atoms with Gasteiger partial charge in [-0.25, -0.2) is 0 Å². The highest BCUT2D eigenvalue weighted by atomic mass is 16.3. The fourth-order valence-electron chi connectivity index (χ4n) is 11.0. The maximum atomic E-state index is 6.75. The van der Waals surface area contributed by atoms with Crippen LogP contribution in [-0.2, 0) is 0 Å². The Morgan fingerprint density at radius 3 is 1.64 bits per heavy atom. The van der Waals surface area contributed by atoms with Crippen LogP contribution in [0.1, 0.15) is 0 Å². The number of hydrogen-bond donors (Lipinski definition) is 0. The zero-order valence-corrected chi connectivity index (χ0v) is 37.6. The van der Waals surface area contributed by atoms with E-state index in [1.54, 1.807) is 0 Å². The van der Waals surface area contributed by atoms with E-state index in [-0.39, 0.29) is 0 Å². The minimum Gasteiger partial charge on any atom is -0.455 e. The molecule has 0 saturated carbocycles. The molecule has 3 nitrogen and oxygen atoms in total. The highest BCUT2D eigenvalue weighted by Crippen LogP contribution is 2.48. The summed E-state index contributed by atoms with van der Waals surface area (Å²) in [6.45, 7) is 0. The molecule has 0 unspecified atom stereocenters. The van der Waals surface area contributed by atoms with Gasteiger partial charge in [-0.05, 0) is 116 Å². The molecule has 14 aromatic rings. The molecule has 0 bridgehead atoms. The van der Waals surface area contributed by atoms with E-state index < -0.39 is 0 Å². The molecule has 0 aliphatic rings. The van der Waals surface area contributed by atoms with Gasteiger partial charge in [-0.3, -0.25) is 0 Å². The Kier molecular flexibility index (Phi) is 8.90. The third-order valence-electron chi connectivity index (χ3n) is 14.2. The lowest BCUT2D eigenvalue weighted by Gasteiger charge is -2.30. The van der Waals surface area contributed by atoms with Crippen molar-refractivity contribution in [2.75, 3.05) is 4.90 Å². The van der Waals surface area contributed by atoms with Gasteiger partial charge in [0.05, 0.1) is 22.4 Å². The first-order valence-corrected chi connectivity index (χ1v) is 23.7. The van der Waals surface area contributed by atoms with Crippen LogP contribution >= 0.6 is 0 Å². The van der Waals surface area contributed by atoms with Crippen molar-refractivity contribution in [1.29, 1.82) is 0 Å². The molecule has 0 spiro atoms. The fourth-order valence-corrected chi connectivity index (χ4v) is 11.0. The van der Waals surface area contributed by atoms with Crippen LogP contribution in [0.4, 0.5) is 17.1 Å². The van der Waals surface area contributed by atoms with E-state index >= 15 is 0 Å². The van der Waals surface area contributed by atoms with E-state index in [4.69, 9.17) is 4.42 Å². The molecule has 14 rings (SSSR count). The number of nitrogens with zero attached hydrogens (tertiary/aromatic N) is 2. The highest BCUT2D eigenvalue weighted by molar-refractivity contribution is 6.20. The third-order valence-corrected chi connectivity index (χ3v) is 14.2. The summed E-state index contributed by atoms with van der Waals surface area (Å²) in [7, 11) is 0. The molecular weight excluding hydrogens is 837 g/mol. The van der Waals surface area contributed by atoms with Crippen LogP contribution in [0.25, 0.3) is 115 Å². The maximum absolute atomic E-state index is 6.75. The third kappa shape index (κ3) is 6.29. The lowest BCUT2D eigenvalue weighted by Crippen LogP contribution is -2.12. The number of rotatable bonds is 7. The number of aromatic nitrogens is 1. The molecule has 0 saturated heterocycles. The number of anilines is 3. The highest BCUT2D eigenvalue weighted by Gasteiger charge is 2.23. The summed E-state index contributed by atoms with van der Waals surface area (Å²) in [5, 5.41) is 12.0. The largest absolute Gasteiger partial charge is 0.455 e. The van der Waals surface area contributed by atoms with Gasteiger partial charge in [0.1, 0.15) is 11.2 Å². The minimum atomic E-state index is 0.872. The molecule has 2 heterocycles. The summed E-state index contributed by atoms with van der Waals surface area (Å²) >= 11 is 0. The van der Waals surface area contributed by atoms with Crippen molar-refractivity contribution in [2.24, 2.45) is 0 Å². The van der Waals surface area contributed by atoms with Gasteiger partial charge in [-0.15, -0.1) is 0 Å². The van der Waals surface area contributed by atoms with Crippen molar-refractivity contribution >= 4 is 93.1 Å². The van der Waals surface area contributed by atoms with Gasteiger partial charge in [0.15, 0.2) is 0 Å². The molecule has 0 N–H and O–H groups in total. The summed E-state index contributed by atoms with van der Waals surface area (Å²) in [5.41, 5.74) is 15.4. The van der Waals surface area contributed by atoms with Crippen molar-refractivity contribution in [3.8, 4) is 39.1 Å². The monoisotopic (exact) mass is 878 g/mol. The van der Waals surface area contributed by atoms with Gasteiger partial charge in [0, 0.05) is 49.4 Å². The second-order valence-corrected chi connectivity index (χ2v) is 18.0. The Balaban J connectivity index is 0.957. The molecule has 0 radical (unpaired) electrons. The second kappa shape index (κ2) is 15.7. The molecule has 2 aromatic heterocycles. The molecule has 322 valence electrons. The minimum absolute atomic E-state index is 0.872. The van der Waals surface area contributed by atoms with Crippen LogP contribution < -0.4 is 4.90 Å². The standard InChI is InChI=1S/C66H42N2O/c1-3-19-51-44(15-1)31-32-46-33-34-48(42-59(46)51)52-20-5-9-26-60(52)67(63-29-12-8-24-56(63)57-25-14-30-64-65(57)58-40-37-45-16-2-4-21-53(45)66(58)69-64)49-38-35-43(36-39-49)47-17-13-18-50(41-47)68-61-27-10-6-22-54(61)55-23-7-11-28-62(55)68/h1-42H. The Labute approximate surface area is 399 Å². The Bertz CT molecular complexity index is 4270. The maximum Gasteiger partial charge on any atom is 0.143 e. The van der Waals surface area contributed by atoms with E-state index in [0.29, 0.717) is 0 Å². The number of para-hydroxylation sites is 4. The average Bonchev–Trinajstić information content (AvgIpc) is 3.98. The Morgan fingerprint density at radius 1 is 0.319 bits per heavy atom. The summed E-state index contributed by atoms with van der Waals surface area (Å²) in [4.78, 5) is 2.45. The molecular formula is C66H42N2O. The average molecular weight is 879 g/mol. The van der Waals surface area contributed by atoms with Crippen LogP contribution in [0.3, 0.4) is 0 Å². The van der Waals surface area contributed by atoms with Crippen LogP contribution in [0.15, 0.2) is 259 Å². The molecule has 0 fully saturated rings. The first-order valence-electron chi connectivity index (χ1n) is 23.7. The number of furan rings is 1. The molecule has 69 heavy (non-hydrogen) atoms. The summed E-state index contributed by atoms with van der Waals surface area (Å²) in [6, 6.07) is 92.6. The fraction of sp³-hybridized carbons (Fsp3) is 0. The van der Waals surface area contributed by atoms with Gasteiger partial charge in [-0.2, -0.15) is 0 Å². The predicted octanol–water partition coefficient (Wildman–Crippen LogP) is 18.6. The molecule has 12 aromatic carbocycles. The van der Waals surface area contributed by atoms with E-state index in [1.165, 1.54) is 43.4 Å². The second-order valence-electron chi connectivity index (χ2n) is 18.0. The lowest BCUT2D eigenvalue weighted by molar-refractivity contribution is 0.673. The van der Waals surface area contributed by atoms with Crippen molar-refractivity contribution in [3.63, 3.8) is 0 Å². The predicted molar refractivity (Wildman–Crippen MR) is 292 cm³/mol. The zero-order valence-electron chi connectivity index (χ0n) is 37.6. The number of benzene rings is 12. The van der Waals surface area contributed by atoms with Gasteiger partial charge in [0.25, 0.3) is 0 Å².